The average molecular weight is 391 g/mol. The maximum absolute atomic E-state index is 13.1. The number of benzene rings is 2. The molecule has 2 heterocycles. The van der Waals surface area contributed by atoms with E-state index in [4.69, 9.17) is 4.98 Å². The lowest BCUT2D eigenvalue weighted by atomic mass is 9.99. The molecule has 0 spiro atoms. The predicted octanol–water partition coefficient (Wildman–Crippen LogP) is 3.29. The Hall–Kier alpha value is -3.28. The van der Waals surface area contributed by atoms with E-state index in [1.165, 1.54) is 12.1 Å². The zero-order valence-electron chi connectivity index (χ0n) is 16.2. The van der Waals surface area contributed by atoms with Gasteiger partial charge in [-0.05, 0) is 36.2 Å². The quantitative estimate of drug-likeness (QED) is 0.742. The minimum Gasteiger partial charge on any atom is -0.355 e. The lowest BCUT2D eigenvalue weighted by molar-refractivity contribution is -0.129. The molecular weight excluding hydrogens is 369 g/mol. The van der Waals surface area contributed by atoms with Gasteiger partial charge in [-0.25, -0.2) is 4.39 Å². The van der Waals surface area contributed by atoms with E-state index in [1.807, 2.05) is 35.2 Å². The molecule has 1 aliphatic heterocycles. The molecular formula is C23H22FN3O2. The second-order valence-electron chi connectivity index (χ2n) is 7.32. The van der Waals surface area contributed by atoms with Crippen LogP contribution in [-0.2, 0) is 11.2 Å². The first-order valence-electron chi connectivity index (χ1n) is 9.69. The van der Waals surface area contributed by atoms with Crippen LogP contribution in [0.1, 0.15) is 34.0 Å². The summed E-state index contributed by atoms with van der Waals surface area (Å²) in [6, 6.07) is 15.5. The number of aromatic nitrogens is 1. The Morgan fingerprint density at radius 2 is 1.93 bits per heavy atom. The molecule has 1 atom stereocenters. The van der Waals surface area contributed by atoms with Crippen molar-refractivity contribution in [3.8, 4) is 0 Å². The van der Waals surface area contributed by atoms with E-state index in [2.05, 4.69) is 5.32 Å². The van der Waals surface area contributed by atoms with Gasteiger partial charge in [0.2, 0.25) is 5.91 Å². The van der Waals surface area contributed by atoms with Crippen LogP contribution in [0.5, 0.6) is 0 Å². The van der Waals surface area contributed by atoms with Gasteiger partial charge in [0, 0.05) is 37.1 Å². The van der Waals surface area contributed by atoms with Gasteiger partial charge in [-0.1, -0.05) is 30.3 Å². The molecule has 0 radical (unpaired) electrons. The van der Waals surface area contributed by atoms with Gasteiger partial charge in [-0.3, -0.25) is 14.6 Å². The molecule has 1 saturated heterocycles. The highest BCUT2D eigenvalue weighted by Gasteiger charge is 2.29. The maximum Gasteiger partial charge on any atom is 0.251 e. The molecule has 148 valence electrons. The highest BCUT2D eigenvalue weighted by atomic mass is 19.1. The smallest absolute Gasteiger partial charge is 0.251 e. The Morgan fingerprint density at radius 3 is 2.69 bits per heavy atom. The van der Waals surface area contributed by atoms with E-state index >= 15 is 0 Å². The summed E-state index contributed by atoms with van der Waals surface area (Å²) < 4.78 is 13.1. The SMILES string of the molecule is CNC(=O)c1cc([C@H]2CCN(C(=O)Cc3ccc(F)cc3)C2)nc2ccccc12. The fourth-order valence-corrected chi connectivity index (χ4v) is 3.84. The van der Waals surface area contributed by atoms with Crippen LogP contribution in [0.25, 0.3) is 10.9 Å². The van der Waals surface area contributed by atoms with Crippen LogP contribution < -0.4 is 5.32 Å². The van der Waals surface area contributed by atoms with Gasteiger partial charge in [0.1, 0.15) is 5.82 Å². The average Bonchev–Trinajstić information content (AvgIpc) is 3.24. The number of hydrogen-bond acceptors (Lipinski definition) is 3. The van der Waals surface area contributed by atoms with E-state index in [9.17, 15) is 14.0 Å². The Labute approximate surface area is 168 Å². The third kappa shape index (κ3) is 3.97. The highest BCUT2D eigenvalue weighted by Crippen LogP contribution is 2.29. The molecule has 1 aliphatic rings. The zero-order chi connectivity index (χ0) is 20.4. The largest absolute Gasteiger partial charge is 0.355 e. The standard InChI is InChI=1S/C23H22FN3O2/c1-25-23(29)19-13-21(26-20-5-3-2-4-18(19)20)16-10-11-27(14-16)22(28)12-15-6-8-17(24)9-7-15/h2-9,13,16H,10-12,14H2,1H3,(H,25,29)/t16-/m0/s1. The number of likely N-dealkylation sites (tertiary alicyclic amines) is 1. The van der Waals surface area contributed by atoms with Crippen molar-refractivity contribution in [1.82, 2.24) is 15.2 Å². The van der Waals surface area contributed by atoms with Crippen molar-refractivity contribution < 1.29 is 14.0 Å². The molecule has 2 aromatic carbocycles. The molecule has 3 aromatic rings. The van der Waals surface area contributed by atoms with Crippen LogP contribution in [0, 0.1) is 5.82 Å². The summed E-state index contributed by atoms with van der Waals surface area (Å²) in [7, 11) is 1.61. The number of hydrogen-bond donors (Lipinski definition) is 1. The van der Waals surface area contributed by atoms with Gasteiger partial charge in [-0.2, -0.15) is 0 Å². The number of para-hydroxylation sites is 1. The second-order valence-corrected chi connectivity index (χ2v) is 7.32. The van der Waals surface area contributed by atoms with Crippen molar-refractivity contribution >= 4 is 22.7 Å². The van der Waals surface area contributed by atoms with Crippen LogP contribution >= 0.6 is 0 Å². The van der Waals surface area contributed by atoms with Crippen LogP contribution in [0.4, 0.5) is 4.39 Å². The number of fused-ring (bicyclic) bond motifs is 1. The first kappa shape index (κ1) is 19.1. The Kier molecular flexibility index (Phi) is 5.25. The third-order valence-electron chi connectivity index (χ3n) is 5.44. The summed E-state index contributed by atoms with van der Waals surface area (Å²) in [6.07, 6.45) is 1.05. The van der Waals surface area contributed by atoms with Crippen molar-refractivity contribution in [3.05, 3.63) is 77.2 Å². The Morgan fingerprint density at radius 1 is 1.17 bits per heavy atom. The summed E-state index contributed by atoms with van der Waals surface area (Å²) in [5.41, 5.74) is 3.01. The summed E-state index contributed by atoms with van der Waals surface area (Å²) in [5.74, 6) is -0.351. The van der Waals surface area contributed by atoms with Crippen LogP contribution in [0.15, 0.2) is 54.6 Å². The second kappa shape index (κ2) is 7.99. The van der Waals surface area contributed by atoms with E-state index < -0.39 is 0 Å². The molecule has 0 unspecified atom stereocenters. The first-order chi connectivity index (χ1) is 14.0. The van der Waals surface area contributed by atoms with E-state index in [0.29, 0.717) is 18.7 Å². The van der Waals surface area contributed by atoms with Gasteiger partial charge in [0.15, 0.2) is 0 Å². The summed E-state index contributed by atoms with van der Waals surface area (Å²) in [5, 5.41) is 3.51. The molecule has 2 amide bonds. The molecule has 1 N–H and O–H groups in total. The summed E-state index contributed by atoms with van der Waals surface area (Å²) in [6.45, 7) is 1.22. The van der Waals surface area contributed by atoms with Gasteiger partial charge in [-0.15, -0.1) is 0 Å². The molecule has 4 rings (SSSR count). The van der Waals surface area contributed by atoms with Crippen molar-refractivity contribution in [3.63, 3.8) is 0 Å². The van der Waals surface area contributed by atoms with Gasteiger partial charge < -0.3 is 10.2 Å². The van der Waals surface area contributed by atoms with Crippen LogP contribution in [0.2, 0.25) is 0 Å². The number of rotatable bonds is 4. The van der Waals surface area contributed by atoms with Crippen molar-refractivity contribution in [2.24, 2.45) is 0 Å². The fourth-order valence-electron chi connectivity index (χ4n) is 3.84. The first-order valence-corrected chi connectivity index (χ1v) is 9.69. The summed E-state index contributed by atoms with van der Waals surface area (Å²) in [4.78, 5) is 31.6. The number of amides is 2. The number of nitrogens with one attached hydrogen (secondary N) is 1. The normalized spacial score (nSPS) is 16.2. The van der Waals surface area contributed by atoms with E-state index in [0.717, 1.165) is 28.6 Å². The number of pyridine rings is 1. The molecule has 29 heavy (non-hydrogen) atoms. The monoisotopic (exact) mass is 391 g/mol. The molecule has 6 heteroatoms. The van der Waals surface area contributed by atoms with E-state index in [-0.39, 0.29) is 30.0 Å². The van der Waals surface area contributed by atoms with Gasteiger partial charge >= 0.3 is 0 Å². The minimum absolute atomic E-state index is 0.0198. The number of carbonyl (C=O) groups is 2. The molecule has 0 bridgehead atoms. The maximum atomic E-state index is 13.1. The van der Waals surface area contributed by atoms with Gasteiger partial charge in [0.25, 0.3) is 5.91 Å². The van der Waals surface area contributed by atoms with Crippen LogP contribution in [0.3, 0.4) is 0 Å². The molecule has 0 aliphatic carbocycles. The van der Waals surface area contributed by atoms with Gasteiger partial charge in [0.05, 0.1) is 17.5 Å². The zero-order valence-corrected chi connectivity index (χ0v) is 16.2. The molecule has 1 aromatic heterocycles. The molecule has 0 saturated carbocycles. The fraction of sp³-hybridized carbons (Fsp3) is 0.261. The number of nitrogens with zero attached hydrogens (tertiary/aromatic N) is 2. The van der Waals surface area contributed by atoms with Crippen LogP contribution in [-0.4, -0.2) is 41.8 Å². The highest BCUT2D eigenvalue weighted by molar-refractivity contribution is 6.06. The Balaban J connectivity index is 1.54. The molecule has 5 nitrogen and oxygen atoms in total. The Bertz CT molecular complexity index is 1070. The lowest BCUT2D eigenvalue weighted by Gasteiger charge is -2.17. The third-order valence-corrected chi connectivity index (χ3v) is 5.44. The number of halogens is 1. The topological polar surface area (TPSA) is 62.3 Å². The van der Waals surface area contributed by atoms with Crippen molar-refractivity contribution in [2.75, 3.05) is 20.1 Å². The predicted molar refractivity (Wildman–Crippen MR) is 109 cm³/mol. The van der Waals surface area contributed by atoms with Crippen molar-refractivity contribution in [1.29, 1.82) is 0 Å². The minimum atomic E-state index is -0.309. The van der Waals surface area contributed by atoms with E-state index in [1.54, 1.807) is 19.2 Å². The lowest BCUT2D eigenvalue weighted by Crippen LogP contribution is -2.30. The molecule has 1 fully saturated rings. The summed E-state index contributed by atoms with van der Waals surface area (Å²) >= 11 is 0. The number of carbonyl (C=O) groups excluding carboxylic acids is 2. The van der Waals surface area contributed by atoms with Crippen molar-refractivity contribution in [2.45, 2.75) is 18.8 Å².